The third-order valence-electron chi connectivity index (χ3n) is 17.2. The van der Waals surface area contributed by atoms with Crippen molar-refractivity contribution in [2.45, 2.75) is 243 Å². The molecule has 7 aliphatic rings. The molecule has 0 saturated carbocycles. The van der Waals surface area contributed by atoms with Crippen LogP contribution in [0.2, 0.25) is 0 Å². The molecule has 7 fully saturated rings. The molecule has 14 atom stereocenters. The van der Waals surface area contributed by atoms with Crippen molar-refractivity contribution in [1.82, 2.24) is 0 Å². The van der Waals surface area contributed by atoms with Crippen LogP contribution >= 0.6 is 0 Å². The van der Waals surface area contributed by atoms with Crippen LogP contribution in [0.3, 0.4) is 0 Å². The van der Waals surface area contributed by atoms with Crippen LogP contribution in [0.25, 0.3) is 0 Å². The first kappa shape index (κ1) is 119. The Bertz CT molecular complexity index is 4250. The fraction of sp³-hybridized carbons (Fsp3) is 0.687. The Morgan fingerprint density at radius 3 is 1.05 bits per heavy atom. The summed E-state index contributed by atoms with van der Waals surface area (Å²) >= 11 is 0. The van der Waals surface area contributed by atoms with Gasteiger partial charge in [0, 0.05) is 39.0 Å². The van der Waals surface area contributed by atoms with Gasteiger partial charge in [-0.3, -0.25) is 9.47 Å². The van der Waals surface area contributed by atoms with Crippen molar-refractivity contribution in [3.8, 4) is 0 Å². The van der Waals surface area contributed by atoms with Crippen LogP contribution in [0.4, 0.5) is 154 Å². The Balaban J connectivity index is 0.000000759. The largest absolute Gasteiger partial charge is 0.462 e. The van der Waals surface area contributed by atoms with Gasteiger partial charge in [0.2, 0.25) is 5.60 Å². The minimum Gasteiger partial charge on any atom is -0.462 e. The van der Waals surface area contributed by atoms with Gasteiger partial charge in [-0.05, 0) is 69.2 Å². The summed E-state index contributed by atoms with van der Waals surface area (Å²) in [6.07, 6.45) is -59.3. The number of alkyl halides is 35. The van der Waals surface area contributed by atoms with E-state index >= 15 is 0 Å². The molecule has 0 aliphatic carbocycles. The molecule has 0 bridgehead atoms. The van der Waals surface area contributed by atoms with Gasteiger partial charge in [-0.2, -0.15) is 154 Å². The number of carbonyl (C=O) groups excluding carboxylic acids is 7. The first-order valence-corrected chi connectivity index (χ1v) is 33.9. The molecular weight excluding hydrogens is 1920 g/mol. The van der Waals surface area contributed by atoms with Crippen LogP contribution in [-0.4, -0.2) is 278 Å². The summed E-state index contributed by atoms with van der Waals surface area (Å²) in [5, 5.41) is 62.8. The highest BCUT2D eigenvalue weighted by Crippen LogP contribution is 2.64. The highest BCUT2D eigenvalue weighted by atomic mass is 19.4. The number of carbonyl (C=O) groups is 7. The van der Waals surface area contributed by atoms with E-state index in [2.05, 4.69) is 108 Å². The van der Waals surface area contributed by atoms with Gasteiger partial charge in [-0.25, -0.2) is 33.6 Å². The Labute approximate surface area is 703 Å². The van der Waals surface area contributed by atoms with Crippen LogP contribution in [-0.2, 0) is 99.9 Å². The Morgan fingerprint density at radius 1 is 0.354 bits per heavy atom. The van der Waals surface area contributed by atoms with Gasteiger partial charge < -0.3 is 92.6 Å². The summed E-state index contributed by atoms with van der Waals surface area (Å²) in [6.45, 7) is 25.7. The van der Waals surface area contributed by atoms with Gasteiger partial charge >= 0.3 is 156 Å². The lowest BCUT2D eigenvalue weighted by molar-refractivity contribution is -0.433. The predicted octanol–water partition coefficient (Wildman–Crippen LogP) is 11.8. The van der Waals surface area contributed by atoms with Crippen molar-refractivity contribution in [2.75, 3.05) is 39.6 Å². The highest BCUT2D eigenvalue weighted by Gasteiger charge is 2.93. The van der Waals surface area contributed by atoms with Crippen LogP contribution in [0.1, 0.15) is 82.1 Å². The summed E-state index contributed by atoms with van der Waals surface area (Å²) in [6, 6.07) is 0. The summed E-state index contributed by atoms with van der Waals surface area (Å²) < 4.78 is 504. The first-order valence-electron chi connectivity index (χ1n) is 33.9. The van der Waals surface area contributed by atoms with Gasteiger partial charge in [-0.15, -0.1) is 0 Å². The quantitative estimate of drug-likeness (QED) is 0.0346. The second-order valence-electron chi connectivity index (χ2n) is 28.8. The van der Waals surface area contributed by atoms with E-state index in [4.69, 9.17) is 35.4 Å². The van der Waals surface area contributed by atoms with Crippen molar-refractivity contribution < 1.29 is 289 Å². The van der Waals surface area contributed by atoms with E-state index in [1.807, 2.05) is 0 Å². The lowest BCUT2D eigenvalue weighted by atomic mass is 9.92. The van der Waals surface area contributed by atoms with Crippen molar-refractivity contribution in [1.29, 1.82) is 0 Å². The van der Waals surface area contributed by atoms with Gasteiger partial charge in [-0.1, -0.05) is 46.1 Å². The molecule has 0 spiro atoms. The molecule has 7 saturated heterocycles. The summed E-state index contributed by atoms with van der Waals surface area (Å²) in [5.74, 6) is -68.0. The van der Waals surface area contributed by atoms with Gasteiger partial charge in [0.1, 0.15) is 18.3 Å². The van der Waals surface area contributed by atoms with Gasteiger partial charge in [0.15, 0.2) is 6.10 Å². The van der Waals surface area contributed by atoms with E-state index in [0.29, 0.717) is 6.92 Å². The number of aliphatic hydroxyl groups is 7. The lowest BCUT2D eigenvalue weighted by Gasteiger charge is -2.35. The van der Waals surface area contributed by atoms with Crippen molar-refractivity contribution in [3.05, 3.63) is 85.1 Å². The van der Waals surface area contributed by atoms with E-state index < -0.39 is 272 Å². The summed E-state index contributed by atoms with van der Waals surface area (Å²) in [5.41, 5.74) is -10.6. The molecule has 7 N–H and O–H groups in total. The Kier molecular flexibility index (Phi) is 35.3. The molecule has 130 heavy (non-hydrogen) atoms. The number of rotatable bonds is 15. The molecule has 28 nitrogen and oxygen atoms in total. The lowest BCUT2D eigenvalue weighted by Crippen LogP contribution is -2.64. The maximum atomic E-state index is 13.8. The number of hydrogen-bond donors (Lipinski definition) is 7. The molecule has 0 radical (unpaired) electrons. The molecule has 7 aliphatic heterocycles. The normalized spacial score (nSPS) is 32.3. The smallest absolute Gasteiger partial charge is 0.450 e. The third-order valence-corrected chi connectivity index (χ3v) is 17.2. The average molecular weight is 1990 g/mol. The third kappa shape index (κ3) is 23.8. The molecule has 0 aromatic heterocycles. The molecule has 7 heterocycles. The zero-order chi connectivity index (χ0) is 104. The Morgan fingerprint density at radius 2 is 0.715 bits per heavy atom. The average Bonchev–Trinajstić information content (AvgIpc) is 1.52. The molecular formula is C67H71F35O28. The number of hydrogen-bond acceptors (Lipinski definition) is 28. The zero-order valence-electron chi connectivity index (χ0n) is 66.8. The van der Waals surface area contributed by atoms with E-state index in [9.17, 15) is 192 Å². The molecule has 0 aromatic carbocycles. The summed E-state index contributed by atoms with van der Waals surface area (Å²) in [4.78, 5) is 77.4. The fourth-order valence-electron chi connectivity index (χ4n) is 9.48. The van der Waals surface area contributed by atoms with E-state index in [-0.39, 0.29) is 34.8 Å². The van der Waals surface area contributed by atoms with Crippen LogP contribution < -0.4 is 0 Å². The van der Waals surface area contributed by atoms with E-state index in [1.165, 1.54) is 27.7 Å². The molecule has 7 rings (SSSR count). The second kappa shape index (κ2) is 38.4. The number of halogens is 35. The van der Waals surface area contributed by atoms with Crippen LogP contribution in [0.5, 0.6) is 0 Å². The minimum atomic E-state index is -6.27. The summed E-state index contributed by atoms with van der Waals surface area (Å²) in [7, 11) is 0. The number of ether oxygens (including phenoxy) is 14. The highest BCUT2D eigenvalue weighted by molar-refractivity contribution is 5.90. The monoisotopic (exact) mass is 1990 g/mol. The van der Waals surface area contributed by atoms with Crippen molar-refractivity contribution in [2.24, 2.45) is 5.92 Å². The molecule has 63 heteroatoms. The fourth-order valence-corrected chi connectivity index (χ4v) is 9.48. The molecule has 752 valence electrons. The molecule has 0 aromatic rings. The molecule has 0 amide bonds. The van der Waals surface area contributed by atoms with Gasteiger partial charge in [0.05, 0.1) is 51.8 Å². The second-order valence-corrected chi connectivity index (χ2v) is 28.8. The zero-order valence-corrected chi connectivity index (χ0v) is 66.8. The SMILES string of the molecule is C=C(C)C(=O)OC1(C)C(F)(F)OC(O)(C(F)(F)F)C1(F)F.C=C(C)C(=O)OC1(C)COC(O)(C(F)(F)F)C1.C=C(C)C(=O)OC1(C)COC(O)(C(F)(F)F)C1(F)F.C=C(C)C(=O)OC1C(F)(F)OC(O)(C(F)(F)F)C1(F)F.C=C(C)C(=O)OC1COC(O)(C(F)(F)F)C1.C=C(C)C(=O)OC1COC(O)(C(F)(F)F)C1(F)F.C=C(C)C(=O)OCC1COC(O)(C(F)(F)F)C1(F)F. The standard InChI is InChI=1S/C10H9F7O4.2C10H11F5O4.C10H13F3O4.C9H7F7O4.C9H9F5O4.C9H11F3O4/c1-4(2)5(18)20-6(3)7(11,12)8(19,9(13,14)15)21-10(6,16)17;1-5(2)6(16)19-7(3)4-18-9(17,8(7,11)12)10(13,14)15;1-5(2)7(16)18-3-6-4-19-9(17,8(6,11)12)10(13,14)15;1-6(2)7(14)17-8(3)4-9(15,16-5-8)10(11,12)13;1-3(2)4(17)19-5-6(10,11)8(18,9(14,15)16)20-7(5,12)13;1-4(2)6(15)18-5-3-17-8(16,7(5,10)11)9(12,13)14;1-5(2)7(13)16-6-3-8(14,15-4-6)9(10,11)12/h19H,1H2,2-3H3;17H,1,4H2,2-3H3;6,17H,1,3-4H2,2H3;15H,1,4-5H2,2-3H3;5,18H,1H2,2H3;5,16H,1,3H2,2H3;6,14H,1,3-4H2,2H3. The number of esters is 7. The van der Waals surface area contributed by atoms with Crippen LogP contribution in [0.15, 0.2) is 85.1 Å². The van der Waals surface area contributed by atoms with Crippen molar-refractivity contribution in [3.63, 3.8) is 0 Å². The molecule has 14 unspecified atom stereocenters. The first-order chi connectivity index (χ1) is 57.0. The van der Waals surface area contributed by atoms with E-state index in [0.717, 1.165) is 27.7 Å². The van der Waals surface area contributed by atoms with Crippen molar-refractivity contribution >= 4 is 41.8 Å². The van der Waals surface area contributed by atoms with Gasteiger partial charge in [0.25, 0.3) is 23.3 Å². The van der Waals surface area contributed by atoms with E-state index in [1.54, 1.807) is 0 Å². The maximum Gasteiger partial charge on any atom is 0.450 e. The topological polar surface area (TPSA) is 390 Å². The minimum absolute atomic E-state index is 0.0636. The predicted molar refractivity (Wildman–Crippen MR) is 344 cm³/mol. The van der Waals surface area contributed by atoms with Crippen LogP contribution in [0, 0.1) is 5.92 Å². The maximum absolute atomic E-state index is 13.8. The Hall–Kier alpha value is -8.54.